The summed E-state index contributed by atoms with van der Waals surface area (Å²) in [5.41, 5.74) is 0.312. The van der Waals surface area contributed by atoms with Gasteiger partial charge in [0, 0.05) is 0 Å². The Hall–Kier alpha value is -1.97. The van der Waals surface area contributed by atoms with Crippen LogP contribution in [-0.2, 0) is 11.6 Å². The van der Waals surface area contributed by atoms with Crippen molar-refractivity contribution in [1.82, 2.24) is 0 Å². The molecule has 0 unspecified atom stereocenters. The maximum Gasteiger partial charge on any atom is 0.419 e. The van der Waals surface area contributed by atoms with Crippen LogP contribution >= 0.6 is 0 Å². The number of benzene rings is 2. The van der Waals surface area contributed by atoms with Crippen molar-refractivity contribution >= 4 is 0 Å². The molecule has 0 aliphatic carbocycles. The van der Waals surface area contributed by atoms with E-state index in [2.05, 4.69) is 20.8 Å². The number of rotatable bonds is 2. The second-order valence-electron chi connectivity index (χ2n) is 5.87. The summed E-state index contributed by atoms with van der Waals surface area (Å²) >= 11 is 0. The van der Waals surface area contributed by atoms with Gasteiger partial charge in [0.05, 0.1) is 5.56 Å². The van der Waals surface area contributed by atoms with E-state index in [-0.39, 0.29) is 11.2 Å². The second kappa shape index (κ2) is 5.43. The molecule has 112 valence electrons. The van der Waals surface area contributed by atoms with Gasteiger partial charge in [-0.05, 0) is 35.2 Å². The fourth-order valence-electron chi connectivity index (χ4n) is 1.94. The lowest BCUT2D eigenvalue weighted by Crippen LogP contribution is -2.10. The lowest BCUT2D eigenvalue weighted by atomic mass is 9.87. The first-order valence-corrected chi connectivity index (χ1v) is 6.62. The van der Waals surface area contributed by atoms with E-state index < -0.39 is 11.7 Å². The molecule has 2 rings (SSSR count). The highest BCUT2D eigenvalue weighted by Crippen LogP contribution is 2.38. The Balaban J connectivity index is 2.27. The van der Waals surface area contributed by atoms with E-state index in [1.54, 1.807) is 12.1 Å². The number of hydrogen-bond acceptors (Lipinski definition) is 1. The molecule has 0 saturated heterocycles. The van der Waals surface area contributed by atoms with Crippen molar-refractivity contribution in [1.29, 1.82) is 0 Å². The molecule has 1 nitrogen and oxygen atoms in total. The van der Waals surface area contributed by atoms with Crippen LogP contribution in [0.15, 0.2) is 48.5 Å². The molecule has 0 aliphatic rings. The molecule has 0 saturated carbocycles. The predicted molar refractivity (Wildman–Crippen MR) is 76.7 cm³/mol. The van der Waals surface area contributed by atoms with Crippen LogP contribution in [0, 0.1) is 0 Å². The van der Waals surface area contributed by atoms with Gasteiger partial charge in [-0.25, -0.2) is 0 Å². The summed E-state index contributed by atoms with van der Waals surface area (Å²) in [7, 11) is 0. The van der Waals surface area contributed by atoms with Crippen LogP contribution < -0.4 is 4.74 Å². The molecular weight excluding hydrogens is 277 g/mol. The van der Waals surface area contributed by atoms with E-state index in [0.717, 1.165) is 11.6 Å². The zero-order valence-electron chi connectivity index (χ0n) is 12.2. The van der Waals surface area contributed by atoms with Crippen LogP contribution in [0.25, 0.3) is 0 Å². The third kappa shape index (κ3) is 3.78. The van der Waals surface area contributed by atoms with Crippen molar-refractivity contribution in [3.8, 4) is 11.5 Å². The molecule has 0 spiro atoms. The number of halogens is 3. The summed E-state index contributed by atoms with van der Waals surface area (Å²) in [5, 5.41) is 0. The normalized spacial score (nSPS) is 12.3. The van der Waals surface area contributed by atoms with E-state index in [1.165, 1.54) is 18.2 Å². The predicted octanol–water partition coefficient (Wildman–Crippen LogP) is 5.80. The maximum atomic E-state index is 12.9. The first-order valence-electron chi connectivity index (χ1n) is 6.62. The zero-order chi connectivity index (χ0) is 15.7. The lowest BCUT2D eigenvalue weighted by Gasteiger charge is -2.19. The molecular formula is C17H17F3O. The van der Waals surface area contributed by atoms with Crippen LogP contribution in [0.5, 0.6) is 11.5 Å². The molecule has 0 amide bonds. The van der Waals surface area contributed by atoms with Crippen molar-refractivity contribution in [2.45, 2.75) is 32.4 Å². The van der Waals surface area contributed by atoms with E-state index in [9.17, 15) is 13.2 Å². The molecule has 0 atom stereocenters. The van der Waals surface area contributed by atoms with Gasteiger partial charge < -0.3 is 4.74 Å². The van der Waals surface area contributed by atoms with Gasteiger partial charge in [-0.1, -0.05) is 45.0 Å². The number of alkyl halides is 3. The van der Waals surface area contributed by atoms with Crippen LogP contribution in [-0.4, -0.2) is 0 Å². The minimum Gasteiger partial charge on any atom is -0.457 e. The van der Waals surface area contributed by atoms with E-state index >= 15 is 0 Å². The van der Waals surface area contributed by atoms with Crippen molar-refractivity contribution in [2.24, 2.45) is 0 Å². The van der Waals surface area contributed by atoms with Crippen LogP contribution in [0.4, 0.5) is 13.2 Å². The fraction of sp³-hybridized carbons (Fsp3) is 0.294. The SMILES string of the molecule is CC(C)(C)c1ccc(Oc2ccccc2C(F)(F)F)cc1. The van der Waals surface area contributed by atoms with Gasteiger partial charge in [-0.2, -0.15) is 13.2 Å². The van der Waals surface area contributed by atoms with Gasteiger partial charge >= 0.3 is 6.18 Å². The van der Waals surface area contributed by atoms with Crippen molar-refractivity contribution in [3.63, 3.8) is 0 Å². The minimum atomic E-state index is -4.43. The Morgan fingerprint density at radius 1 is 0.810 bits per heavy atom. The molecule has 0 bridgehead atoms. The number of ether oxygens (including phenoxy) is 1. The zero-order valence-corrected chi connectivity index (χ0v) is 12.2. The molecule has 21 heavy (non-hydrogen) atoms. The van der Waals surface area contributed by atoms with Crippen molar-refractivity contribution < 1.29 is 17.9 Å². The lowest BCUT2D eigenvalue weighted by molar-refractivity contribution is -0.138. The topological polar surface area (TPSA) is 9.23 Å². The highest BCUT2D eigenvalue weighted by atomic mass is 19.4. The van der Waals surface area contributed by atoms with E-state index in [1.807, 2.05) is 12.1 Å². The molecule has 0 aromatic heterocycles. The van der Waals surface area contributed by atoms with E-state index in [4.69, 9.17) is 4.74 Å². The van der Waals surface area contributed by atoms with Gasteiger partial charge in [0.15, 0.2) is 0 Å². The van der Waals surface area contributed by atoms with Crippen molar-refractivity contribution in [3.05, 3.63) is 59.7 Å². The molecule has 2 aromatic carbocycles. The first kappa shape index (κ1) is 15.4. The smallest absolute Gasteiger partial charge is 0.419 e. The van der Waals surface area contributed by atoms with E-state index in [0.29, 0.717) is 5.75 Å². The number of hydrogen-bond donors (Lipinski definition) is 0. The molecule has 0 N–H and O–H groups in total. The Bertz CT molecular complexity index is 607. The second-order valence-corrected chi connectivity index (χ2v) is 5.87. The Morgan fingerprint density at radius 3 is 1.90 bits per heavy atom. The third-order valence-electron chi connectivity index (χ3n) is 3.14. The quantitative estimate of drug-likeness (QED) is 0.680. The van der Waals surface area contributed by atoms with Gasteiger partial charge in [0.1, 0.15) is 11.5 Å². The van der Waals surface area contributed by atoms with Gasteiger partial charge in [-0.3, -0.25) is 0 Å². The Kier molecular flexibility index (Phi) is 3.99. The van der Waals surface area contributed by atoms with Gasteiger partial charge in [-0.15, -0.1) is 0 Å². The summed E-state index contributed by atoms with van der Waals surface area (Å²) in [6.07, 6.45) is -4.43. The molecule has 4 heteroatoms. The standard InChI is InChI=1S/C17H17F3O/c1-16(2,3)12-8-10-13(11-9-12)21-15-7-5-4-6-14(15)17(18,19)20/h4-11H,1-3H3. The number of para-hydroxylation sites is 1. The molecule has 0 fully saturated rings. The summed E-state index contributed by atoms with van der Waals surface area (Å²) in [5.74, 6) is 0.202. The largest absolute Gasteiger partial charge is 0.457 e. The average Bonchev–Trinajstić information content (AvgIpc) is 2.37. The van der Waals surface area contributed by atoms with Crippen LogP contribution in [0.3, 0.4) is 0 Å². The fourth-order valence-corrected chi connectivity index (χ4v) is 1.94. The third-order valence-corrected chi connectivity index (χ3v) is 3.14. The first-order chi connectivity index (χ1) is 9.68. The summed E-state index contributed by atoms with van der Waals surface area (Å²) in [4.78, 5) is 0. The Labute approximate surface area is 122 Å². The van der Waals surface area contributed by atoms with Gasteiger partial charge in [0.2, 0.25) is 0 Å². The van der Waals surface area contributed by atoms with Gasteiger partial charge in [0.25, 0.3) is 0 Å². The summed E-state index contributed by atoms with van der Waals surface area (Å²) in [6, 6.07) is 12.3. The monoisotopic (exact) mass is 294 g/mol. The molecule has 0 heterocycles. The average molecular weight is 294 g/mol. The summed E-state index contributed by atoms with van der Waals surface area (Å²) in [6.45, 7) is 6.21. The summed E-state index contributed by atoms with van der Waals surface area (Å²) < 4.78 is 44.1. The van der Waals surface area contributed by atoms with Crippen LogP contribution in [0.1, 0.15) is 31.9 Å². The van der Waals surface area contributed by atoms with Crippen LogP contribution in [0.2, 0.25) is 0 Å². The Morgan fingerprint density at radius 2 is 1.38 bits per heavy atom. The minimum absolute atomic E-state index is 0.0115. The molecule has 2 aromatic rings. The highest BCUT2D eigenvalue weighted by Gasteiger charge is 2.34. The molecule has 0 radical (unpaired) electrons. The highest BCUT2D eigenvalue weighted by molar-refractivity contribution is 5.40. The molecule has 0 aliphatic heterocycles. The maximum absolute atomic E-state index is 12.9. The van der Waals surface area contributed by atoms with Crippen molar-refractivity contribution in [2.75, 3.05) is 0 Å².